The summed E-state index contributed by atoms with van der Waals surface area (Å²) in [5, 5.41) is 5.45. The van der Waals surface area contributed by atoms with E-state index in [-0.39, 0.29) is 11.8 Å². The van der Waals surface area contributed by atoms with Gasteiger partial charge in [0.05, 0.1) is 37.2 Å². The Morgan fingerprint density at radius 1 is 0.750 bits per heavy atom. The van der Waals surface area contributed by atoms with Gasteiger partial charge in [0.2, 0.25) is 0 Å². The van der Waals surface area contributed by atoms with Gasteiger partial charge < -0.3 is 20.1 Å². The first-order chi connectivity index (χ1) is 13.6. The van der Waals surface area contributed by atoms with Gasteiger partial charge in [0.25, 0.3) is 11.8 Å². The number of methoxy groups -OCH3 is 2. The predicted molar refractivity (Wildman–Crippen MR) is 106 cm³/mol. The summed E-state index contributed by atoms with van der Waals surface area (Å²) in [5.41, 5.74) is 1.31. The number of pyridine rings is 1. The molecule has 2 amide bonds. The summed E-state index contributed by atoms with van der Waals surface area (Å²) in [6.07, 6.45) is 1.46. The molecule has 0 spiro atoms. The second-order valence-corrected chi connectivity index (χ2v) is 5.74. The predicted octanol–water partition coefficient (Wildman–Crippen LogP) is 3.60. The lowest BCUT2D eigenvalue weighted by Crippen LogP contribution is -2.15. The number of nitrogens with one attached hydrogen (secondary N) is 2. The fourth-order valence-corrected chi connectivity index (χ4v) is 2.59. The Morgan fingerprint density at radius 2 is 1.29 bits per heavy atom. The Morgan fingerprint density at radius 3 is 1.79 bits per heavy atom. The standard InChI is InChI=1S/C21H19N3O4/c1-27-17-9-5-3-7-15(17)20(25)23-14-11-12-19(22-13-14)24-21(26)16-8-4-6-10-18(16)28-2/h3-13H,1-2H3,(H,23,25)(H,22,24,26). The number of anilines is 2. The van der Waals surface area contributed by atoms with Gasteiger partial charge in [-0.1, -0.05) is 24.3 Å². The van der Waals surface area contributed by atoms with E-state index in [1.54, 1.807) is 60.7 Å². The molecule has 3 aromatic rings. The van der Waals surface area contributed by atoms with E-state index in [0.717, 1.165) is 0 Å². The van der Waals surface area contributed by atoms with Crippen molar-refractivity contribution in [2.24, 2.45) is 0 Å². The Kier molecular flexibility index (Phi) is 5.86. The highest BCUT2D eigenvalue weighted by atomic mass is 16.5. The molecule has 0 aliphatic rings. The molecule has 3 rings (SSSR count). The molecule has 0 atom stereocenters. The summed E-state index contributed by atoms with van der Waals surface area (Å²) >= 11 is 0. The Labute approximate surface area is 162 Å². The van der Waals surface area contributed by atoms with Gasteiger partial charge in [0.1, 0.15) is 17.3 Å². The van der Waals surface area contributed by atoms with Crippen LogP contribution in [0.4, 0.5) is 11.5 Å². The van der Waals surface area contributed by atoms with Crippen molar-refractivity contribution in [3.05, 3.63) is 78.0 Å². The van der Waals surface area contributed by atoms with Crippen molar-refractivity contribution in [2.45, 2.75) is 0 Å². The van der Waals surface area contributed by atoms with E-state index >= 15 is 0 Å². The number of amides is 2. The van der Waals surface area contributed by atoms with Crippen LogP contribution in [0.5, 0.6) is 11.5 Å². The van der Waals surface area contributed by atoms with Gasteiger partial charge in [-0.25, -0.2) is 4.98 Å². The number of para-hydroxylation sites is 2. The molecule has 2 N–H and O–H groups in total. The second kappa shape index (κ2) is 8.68. The summed E-state index contributed by atoms with van der Waals surface area (Å²) in [7, 11) is 3.01. The zero-order chi connectivity index (χ0) is 19.9. The molecule has 7 heteroatoms. The summed E-state index contributed by atoms with van der Waals surface area (Å²) in [6, 6.07) is 17.1. The number of aromatic nitrogens is 1. The van der Waals surface area contributed by atoms with Crippen molar-refractivity contribution in [2.75, 3.05) is 24.9 Å². The van der Waals surface area contributed by atoms with Gasteiger partial charge in [-0.15, -0.1) is 0 Å². The lowest BCUT2D eigenvalue weighted by Gasteiger charge is -2.10. The topological polar surface area (TPSA) is 89.6 Å². The van der Waals surface area contributed by atoms with Crippen molar-refractivity contribution in [1.29, 1.82) is 0 Å². The third-order valence-corrected chi connectivity index (χ3v) is 3.97. The highest BCUT2D eigenvalue weighted by molar-refractivity contribution is 6.07. The number of nitrogens with zero attached hydrogens (tertiary/aromatic N) is 1. The maximum atomic E-state index is 12.4. The largest absolute Gasteiger partial charge is 0.496 e. The molecule has 0 bridgehead atoms. The van der Waals surface area contributed by atoms with Crippen LogP contribution in [0.1, 0.15) is 20.7 Å². The Bertz CT molecular complexity index is 906. The maximum Gasteiger partial charge on any atom is 0.260 e. The normalized spacial score (nSPS) is 10.1. The van der Waals surface area contributed by atoms with E-state index in [1.807, 2.05) is 0 Å². The summed E-state index contributed by atoms with van der Waals surface area (Å²) in [4.78, 5) is 29.0. The number of hydrogen-bond donors (Lipinski definition) is 2. The Hall–Kier alpha value is -3.87. The minimum Gasteiger partial charge on any atom is -0.496 e. The van der Waals surface area contributed by atoms with Crippen molar-refractivity contribution < 1.29 is 19.1 Å². The number of carbonyl (C=O) groups is 2. The number of carbonyl (C=O) groups excluding carboxylic acids is 2. The average molecular weight is 377 g/mol. The fraction of sp³-hybridized carbons (Fsp3) is 0.0952. The molecular weight excluding hydrogens is 358 g/mol. The summed E-state index contributed by atoms with van der Waals surface area (Å²) in [5.74, 6) is 0.654. The van der Waals surface area contributed by atoms with Gasteiger partial charge in [-0.2, -0.15) is 0 Å². The third-order valence-electron chi connectivity index (χ3n) is 3.97. The third kappa shape index (κ3) is 4.27. The monoisotopic (exact) mass is 377 g/mol. The highest BCUT2D eigenvalue weighted by Crippen LogP contribution is 2.21. The first-order valence-electron chi connectivity index (χ1n) is 8.47. The molecule has 0 aliphatic carbocycles. The van der Waals surface area contributed by atoms with E-state index in [0.29, 0.717) is 34.1 Å². The molecule has 1 aromatic heterocycles. The first kappa shape index (κ1) is 18.9. The van der Waals surface area contributed by atoms with Gasteiger partial charge in [0, 0.05) is 0 Å². The lowest BCUT2D eigenvalue weighted by molar-refractivity contribution is 0.101. The lowest BCUT2D eigenvalue weighted by atomic mass is 10.2. The van der Waals surface area contributed by atoms with E-state index < -0.39 is 0 Å². The molecule has 0 aliphatic heterocycles. The average Bonchev–Trinajstić information content (AvgIpc) is 2.74. The van der Waals surface area contributed by atoms with E-state index in [2.05, 4.69) is 15.6 Å². The van der Waals surface area contributed by atoms with E-state index in [9.17, 15) is 9.59 Å². The van der Waals surface area contributed by atoms with Crippen LogP contribution in [0.15, 0.2) is 66.9 Å². The smallest absolute Gasteiger partial charge is 0.260 e. The molecule has 0 unspecified atom stereocenters. The van der Waals surface area contributed by atoms with Crippen molar-refractivity contribution in [3.8, 4) is 11.5 Å². The highest BCUT2D eigenvalue weighted by Gasteiger charge is 2.14. The van der Waals surface area contributed by atoms with Crippen molar-refractivity contribution in [3.63, 3.8) is 0 Å². The van der Waals surface area contributed by atoms with Crippen LogP contribution >= 0.6 is 0 Å². The van der Waals surface area contributed by atoms with Gasteiger partial charge in [-0.3, -0.25) is 9.59 Å². The molecule has 28 heavy (non-hydrogen) atoms. The number of benzene rings is 2. The van der Waals surface area contributed by atoms with Crippen LogP contribution in [-0.2, 0) is 0 Å². The summed E-state index contributed by atoms with van der Waals surface area (Å²) in [6.45, 7) is 0. The molecule has 1 heterocycles. The first-order valence-corrected chi connectivity index (χ1v) is 8.47. The molecule has 0 saturated heterocycles. The van der Waals surface area contributed by atoms with E-state index in [4.69, 9.17) is 9.47 Å². The van der Waals surface area contributed by atoms with Crippen LogP contribution in [-0.4, -0.2) is 31.0 Å². The van der Waals surface area contributed by atoms with Crippen molar-refractivity contribution >= 4 is 23.3 Å². The maximum absolute atomic E-state index is 12.4. The van der Waals surface area contributed by atoms with Gasteiger partial charge in [0.15, 0.2) is 0 Å². The fourth-order valence-electron chi connectivity index (χ4n) is 2.59. The quantitative estimate of drug-likeness (QED) is 0.685. The molecule has 0 saturated carbocycles. The van der Waals surface area contributed by atoms with Crippen LogP contribution in [0, 0.1) is 0 Å². The molecule has 142 valence electrons. The van der Waals surface area contributed by atoms with Gasteiger partial charge in [-0.05, 0) is 36.4 Å². The molecule has 0 fully saturated rings. The zero-order valence-corrected chi connectivity index (χ0v) is 15.4. The molecule has 0 radical (unpaired) electrons. The SMILES string of the molecule is COc1ccccc1C(=O)Nc1ccc(NC(=O)c2ccccc2OC)nc1. The van der Waals surface area contributed by atoms with E-state index in [1.165, 1.54) is 20.4 Å². The minimum atomic E-state index is -0.337. The molecular formula is C21H19N3O4. The van der Waals surface area contributed by atoms with Crippen LogP contribution < -0.4 is 20.1 Å². The number of ether oxygens (including phenoxy) is 2. The van der Waals surface area contributed by atoms with Crippen LogP contribution in [0.25, 0.3) is 0 Å². The number of rotatable bonds is 6. The van der Waals surface area contributed by atoms with Crippen LogP contribution in [0.3, 0.4) is 0 Å². The summed E-state index contributed by atoms with van der Waals surface area (Å²) < 4.78 is 10.4. The van der Waals surface area contributed by atoms with Crippen LogP contribution in [0.2, 0.25) is 0 Å². The van der Waals surface area contributed by atoms with Gasteiger partial charge >= 0.3 is 0 Å². The molecule has 7 nitrogen and oxygen atoms in total. The molecule has 2 aromatic carbocycles. The number of hydrogen-bond acceptors (Lipinski definition) is 5. The minimum absolute atomic E-state index is 0.315. The Balaban J connectivity index is 1.68. The second-order valence-electron chi connectivity index (χ2n) is 5.74. The zero-order valence-electron chi connectivity index (χ0n) is 15.4. The van der Waals surface area contributed by atoms with Crippen molar-refractivity contribution in [1.82, 2.24) is 4.98 Å².